The molecule has 7 N–H and O–H groups in total. The smallest absolute Gasteiger partial charge is 0.386 e. The SMILES string of the molecule is Cc1cc(N)nc(=O)n1[C@@H]1O[C@H]([C@@H](C)OP(=O)(O)OP(=O)(O)OP(=O)(O)O)[C@H](O)C1(F)C#CCF. The van der Waals surface area contributed by atoms with Crippen LogP contribution in [0.2, 0.25) is 0 Å². The molecule has 1 aromatic rings. The van der Waals surface area contributed by atoms with E-state index in [9.17, 15) is 37.8 Å². The molecule has 198 valence electrons. The van der Waals surface area contributed by atoms with E-state index in [4.69, 9.17) is 20.3 Å². The van der Waals surface area contributed by atoms with Gasteiger partial charge in [-0.25, -0.2) is 27.3 Å². The molecule has 1 fully saturated rings. The Labute approximate surface area is 195 Å². The molecule has 1 aliphatic rings. The van der Waals surface area contributed by atoms with Crippen LogP contribution in [-0.2, 0) is 31.6 Å². The number of nitrogens with two attached hydrogens (primary N) is 1. The lowest BCUT2D eigenvalue weighted by atomic mass is 9.94. The van der Waals surface area contributed by atoms with Gasteiger partial charge in [0.25, 0.3) is 0 Å². The maximum Gasteiger partial charge on any atom is 0.490 e. The van der Waals surface area contributed by atoms with Gasteiger partial charge in [0.05, 0.1) is 6.10 Å². The molecule has 0 amide bonds. The maximum absolute atomic E-state index is 15.9. The fraction of sp³-hybridized carbons (Fsp3) is 0.571. The van der Waals surface area contributed by atoms with Gasteiger partial charge in [-0.3, -0.25) is 9.09 Å². The lowest BCUT2D eigenvalue weighted by Gasteiger charge is -2.26. The summed E-state index contributed by atoms with van der Waals surface area (Å²) < 4.78 is 80.4. The Morgan fingerprint density at radius 3 is 2.40 bits per heavy atom. The summed E-state index contributed by atoms with van der Waals surface area (Å²) in [6.45, 7) is 0.830. The molecule has 0 aromatic carbocycles. The number of aliphatic hydroxyl groups excluding tert-OH is 1. The van der Waals surface area contributed by atoms with Crippen molar-refractivity contribution >= 4 is 29.3 Å². The Morgan fingerprint density at radius 1 is 1.29 bits per heavy atom. The van der Waals surface area contributed by atoms with E-state index in [1.54, 1.807) is 11.8 Å². The van der Waals surface area contributed by atoms with Crippen LogP contribution in [0.25, 0.3) is 0 Å². The summed E-state index contributed by atoms with van der Waals surface area (Å²) in [7, 11) is -17.2. The van der Waals surface area contributed by atoms with Gasteiger partial charge in [-0.05, 0) is 19.9 Å². The fourth-order valence-electron chi connectivity index (χ4n) is 3.11. The third-order valence-electron chi connectivity index (χ3n) is 4.31. The van der Waals surface area contributed by atoms with Gasteiger partial charge < -0.3 is 35.2 Å². The number of aryl methyl sites for hydroxylation is 1. The fourth-order valence-corrected chi connectivity index (χ4v) is 6.31. The number of aliphatic hydroxyl groups is 1. The Morgan fingerprint density at radius 2 is 1.89 bits per heavy atom. The first kappa shape index (κ1) is 29.7. The molecule has 16 nitrogen and oxygen atoms in total. The van der Waals surface area contributed by atoms with Gasteiger partial charge in [-0.2, -0.15) is 13.6 Å². The van der Waals surface area contributed by atoms with Crippen molar-refractivity contribution in [3.63, 3.8) is 0 Å². The van der Waals surface area contributed by atoms with E-state index >= 15 is 4.39 Å². The first-order valence-corrected chi connectivity index (χ1v) is 13.6. The highest BCUT2D eigenvalue weighted by Gasteiger charge is 2.60. The zero-order valence-electron chi connectivity index (χ0n) is 17.7. The van der Waals surface area contributed by atoms with E-state index in [1.165, 1.54) is 6.92 Å². The average molecular weight is 569 g/mol. The van der Waals surface area contributed by atoms with E-state index in [1.807, 2.05) is 0 Å². The summed E-state index contributed by atoms with van der Waals surface area (Å²) in [5.74, 6) is 3.30. The number of hydrogen-bond acceptors (Lipinski definition) is 11. The molecule has 1 aromatic heterocycles. The molecule has 0 radical (unpaired) electrons. The molecule has 1 aliphatic heterocycles. The summed E-state index contributed by atoms with van der Waals surface area (Å²) in [6, 6.07) is 1.14. The summed E-state index contributed by atoms with van der Waals surface area (Å²) >= 11 is 0. The zero-order valence-corrected chi connectivity index (χ0v) is 20.3. The third-order valence-corrected chi connectivity index (χ3v) is 8.24. The zero-order chi connectivity index (χ0) is 27.0. The molecular formula is C14H20F2N3O13P3. The van der Waals surface area contributed by atoms with Gasteiger partial charge >= 0.3 is 29.2 Å². The molecule has 0 aliphatic carbocycles. The number of anilines is 1. The van der Waals surface area contributed by atoms with Gasteiger partial charge in [0.1, 0.15) is 24.7 Å². The van der Waals surface area contributed by atoms with Crippen molar-refractivity contribution < 1.29 is 65.0 Å². The van der Waals surface area contributed by atoms with E-state index in [2.05, 4.69) is 18.1 Å². The van der Waals surface area contributed by atoms with Gasteiger partial charge in [-0.1, -0.05) is 11.8 Å². The predicted molar refractivity (Wildman–Crippen MR) is 110 cm³/mol. The standard InChI is InChI=1S/C14H20F2N3O13P3/c1-7-6-9(17)18-13(21)19(7)12-14(16,4-3-5-15)11(20)10(29-12)8(2)30-34(25,26)32-35(27,28)31-33(22,23)24/h6,8,10-12,20H,5H2,1-2H3,(H,25,26)(H,27,28)(H2,17,18,21)(H2,22,23,24)/t8-,10-,11+,12-,14?/m1/s1. The van der Waals surface area contributed by atoms with Crippen LogP contribution >= 0.6 is 23.5 Å². The predicted octanol–water partition coefficient (Wildman–Crippen LogP) is -0.195. The van der Waals surface area contributed by atoms with Crippen LogP contribution in [0, 0.1) is 18.8 Å². The molecule has 3 unspecified atom stereocenters. The summed E-state index contributed by atoms with van der Waals surface area (Å²) in [5, 5.41) is 10.5. The minimum Gasteiger partial charge on any atom is -0.386 e. The number of nitrogen functional groups attached to an aromatic ring is 1. The summed E-state index contributed by atoms with van der Waals surface area (Å²) in [6.07, 6.45) is -8.32. The van der Waals surface area contributed by atoms with Crippen molar-refractivity contribution in [2.45, 2.75) is 44.1 Å². The quantitative estimate of drug-likeness (QED) is 0.175. The van der Waals surface area contributed by atoms with Crippen molar-refractivity contribution in [2.24, 2.45) is 0 Å². The van der Waals surface area contributed by atoms with E-state index < -0.39 is 66.0 Å². The lowest BCUT2D eigenvalue weighted by Crippen LogP contribution is -2.46. The number of ether oxygens (including phenoxy) is 1. The molecule has 2 heterocycles. The van der Waals surface area contributed by atoms with Gasteiger partial charge in [0.15, 0.2) is 6.23 Å². The largest absolute Gasteiger partial charge is 0.490 e. The van der Waals surface area contributed by atoms with Crippen LogP contribution in [0.3, 0.4) is 0 Å². The van der Waals surface area contributed by atoms with Crippen LogP contribution in [0.4, 0.5) is 14.6 Å². The van der Waals surface area contributed by atoms with Gasteiger partial charge in [0, 0.05) is 5.69 Å². The number of aromatic nitrogens is 2. The van der Waals surface area contributed by atoms with E-state index in [0.29, 0.717) is 4.57 Å². The Balaban J connectivity index is 2.39. The Kier molecular flexibility index (Phi) is 8.84. The molecule has 1 saturated heterocycles. The Hall–Kier alpha value is -1.57. The number of alkyl halides is 2. The molecule has 0 bridgehead atoms. The second-order valence-electron chi connectivity index (χ2n) is 6.98. The van der Waals surface area contributed by atoms with Crippen LogP contribution < -0.4 is 11.4 Å². The van der Waals surface area contributed by atoms with Crippen molar-refractivity contribution in [3.05, 3.63) is 22.2 Å². The second-order valence-corrected chi connectivity index (χ2v) is 11.4. The Bertz CT molecular complexity index is 1230. The number of phosphoric ester groups is 1. The molecule has 35 heavy (non-hydrogen) atoms. The minimum atomic E-state index is -5.86. The average Bonchev–Trinajstić information content (AvgIpc) is 2.88. The topological polar surface area (TPSA) is 250 Å². The summed E-state index contributed by atoms with van der Waals surface area (Å²) in [5.41, 5.74) is 1.07. The lowest BCUT2D eigenvalue weighted by molar-refractivity contribution is -0.0786. The highest BCUT2D eigenvalue weighted by atomic mass is 31.3. The highest BCUT2D eigenvalue weighted by Crippen LogP contribution is 2.66. The van der Waals surface area contributed by atoms with Crippen molar-refractivity contribution in [2.75, 3.05) is 12.4 Å². The number of halogens is 2. The minimum absolute atomic E-state index is 0.0232. The van der Waals surface area contributed by atoms with E-state index in [0.717, 1.165) is 13.0 Å². The number of phosphoric acid groups is 3. The van der Waals surface area contributed by atoms with Crippen LogP contribution in [0.5, 0.6) is 0 Å². The van der Waals surface area contributed by atoms with Crippen LogP contribution in [0.15, 0.2) is 10.9 Å². The molecule has 21 heteroatoms. The molecule has 7 atom stereocenters. The van der Waals surface area contributed by atoms with Crippen molar-refractivity contribution in [1.29, 1.82) is 0 Å². The van der Waals surface area contributed by atoms with Crippen molar-refractivity contribution in [3.8, 4) is 11.8 Å². The number of hydrogen-bond donors (Lipinski definition) is 6. The van der Waals surface area contributed by atoms with Crippen molar-refractivity contribution in [1.82, 2.24) is 9.55 Å². The second kappa shape index (κ2) is 10.4. The monoisotopic (exact) mass is 569 g/mol. The van der Waals surface area contributed by atoms with Crippen LogP contribution in [0.1, 0.15) is 18.8 Å². The molecule has 0 spiro atoms. The first-order chi connectivity index (χ1) is 15.8. The highest BCUT2D eigenvalue weighted by molar-refractivity contribution is 7.66. The first-order valence-electron chi connectivity index (χ1n) is 9.08. The number of rotatable bonds is 8. The third kappa shape index (κ3) is 7.23. The van der Waals surface area contributed by atoms with Gasteiger partial charge in [0.2, 0.25) is 5.67 Å². The van der Waals surface area contributed by atoms with Crippen LogP contribution in [-0.4, -0.2) is 64.9 Å². The molecule has 2 rings (SSSR count). The normalized spacial score (nSPS) is 29.0. The number of nitrogens with zero attached hydrogens (tertiary/aromatic N) is 2. The van der Waals surface area contributed by atoms with Gasteiger partial charge in [-0.15, -0.1) is 0 Å². The molecular weight excluding hydrogens is 549 g/mol. The van der Waals surface area contributed by atoms with E-state index in [-0.39, 0.29) is 11.5 Å². The maximum atomic E-state index is 15.9. The summed E-state index contributed by atoms with van der Waals surface area (Å²) in [4.78, 5) is 51.8. The molecule has 0 saturated carbocycles.